The van der Waals surface area contributed by atoms with Gasteiger partial charge < -0.3 is 29.9 Å². The predicted octanol–water partition coefficient (Wildman–Crippen LogP) is 2.36. The Bertz CT molecular complexity index is 876. The lowest BCUT2D eigenvalue weighted by Gasteiger charge is -2.38. The lowest BCUT2D eigenvalue weighted by Crippen LogP contribution is -2.56. The van der Waals surface area contributed by atoms with Crippen molar-refractivity contribution in [1.82, 2.24) is 20.4 Å². The van der Waals surface area contributed by atoms with Gasteiger partial charge >= 0.3 is 6.03 Å². The first kappa shape index (κ1) is 23.2. The number of rotatable bonds is 5. The van der Waals surface area contributed by atoms with Crippen molar-refractivity contribution in [2.75, 3.05) is 33.0 Å². The van der Waals surface area contributed by atoms with Gasteiger partial charge in [-0.2, -0.15) is 0 Å². The van der Waals surface area contributed by atoms with Gasteiger partial charge in [-0.1, -0.05) is 0 Å². The highest BCUT2D eigenvalue weighted by atomic mass is 16.7. The summed E-state index contributed by atoms with van der Waals surface area (Å²) in [5.41, 5.74) is 0.435. The number of hydrogen-bond acceptors (Lipinski definition) is 5. The van der Waals surface area contributed by atoms with E-state index in [1.54, 1.807) is 23.1 Å². The summed E-state index contributed by atoms with van der Waals surface area (Å²) in [4.78, 5) is 42.7. The largest absolute Gasteiger partial charge is 0.454 e. The van der Waals surface area contributed by atoms with Crippen molar-refractivity contribution in [1.29, 1.82) is 0 Å². The van der Waals surface area contributed by atoms with Gasteiger partial charge in [-0.05, 0) is 70.1 Å². The number of ether oxygens (including phenoxy) is 2. The third kappa shape index (κ3) is 5.51. The van der Waals surface area contributed by atoms with Crippen LogP contribution in [0, 0.1) is 5.92 Å². The number of carbonyl (C=O) groups is 3. The van der Waals surface area contributed by atoms with Crippen molar-refractivity contribution in [3.05, 3.63) is 23.8 Å². The molecular weight excluding hydrogens is 424 g/mol. The average Bonchev–Trinajstić information content (AvgIpc) is 3.30. The molecule has 180 valence electrons. The maximum atomic E-state index is 13.5. The molecule has 2 saturated heterocycles. The van der Waals surface area contributed by atoms with Crippen molar-refractivity contribution >= 4 is 17.8 Å². The number of nitrogens with zero attached hydrogens (tertiary/aromatic N) is 2. The normalized spacial score (nSPS) is 19.4. The van der Waals surface area contributed by atoms with Crippen LogP contribution in [0.25, 0.3) is 0 Å². The molecule has 9 nitrogen and oxygen atoms in total. The fourth-order valence-electron chi connectivity index (χ4n) is 4.73. The van der Waals surface area contributed by atoms with E-state index >= 15 is 0 Å². The standard InChI is InChI=1S/C24H34N4O5/c1-16(2)25-24(31)28-12-8-17(9-13-28)21(23(30)27-10-4-3-5-11-27)26-22(29)18-6-7-19-20(14-18)33-15-32-19/h6-7,14,16-17,21H,3-5,8-13,15H2,1-2H3,(H,25,31)(H,26,29). The molecule has 1 aromatic carbocycles. The molecule has 0 bridgehead atoms. The molecule has 33 heavy (non-hydrogen) atoms. The summed E-state index contributed by atoms with van der Waals surface area (Å²) in [7, 11) is 0. The zero-order valence-corrected chi connectivity index (χ0v) is 19.5. The SMILES string of the molecule is CC(C)NC(=O)N1CCC(C(NC(=O)c2ccc3c(c2)OCO3)C(=O)N2CCCCC2)CC1. The summed E-state index contributed by atoms with van der Waals surface area (Å²) >= 11 is 0. The second-order valence-corrected chi connectivity index (χ2v) is 9.33. The van der Waals surface area contributed by atoms with Crippen LogP contribution in [-0.4, -0.2) is 72.7 Å². The predicted molar refractivity (Wildman–Crippen MR) is 122 cm³/mol. The fraction of sp³-hybridized carbons (Fsp3) is 0.625. The maximum absolute atomic E-state index is 13.5. The molecule has 3 aliphatic rings. The van der Waals surface area contributed by atoms with E-state index in [1.807, 2.05) is 18.7 Å². The van der Waals surface area contributed by atoms with Crippen LogP contribution in [0.4, 0.5) is 4.79 Å². The van der Waals surface area contributed by atoms with E-state index in [-0.39, 0.29) is 36.6 Å². The molecule has 0 aliphatic carbocycles. The van der Waals surface area contributed by atoms with Crippen LogP contribution < -0.4 is 20.1 Å². The topological polar surface area (TPSA) is 100 Å². The number of urea groups is 1. The Kier molecular flexibility index (Phi) is 7.25. The van der Waals surface area contributed by atoms with Crippen molar-refractivity contribution in [2.24, 2.45) is 5.92 Å². The van der Waals surface area contributed by atoms with Crippen LogP contribution in [-0.2, 0) is 4.79 Å². The highest BCUT2D eigenvalue weighted by Gasteiger charge is 2.36. The molecule has 0 radical (unpaired) electrons. The number of amides is 4. The number of piperidine rings is 2. The molecule has 1 atom stereocenters. The van der Waals surface area contributed by atoms with E-state index in [0.717, 1.165) is 32.4 Å². The van der Waals surface area contributed by atoms with Crippen molar-refractivity contribution in [3.8, 4) is 11.5 Å². The number of carbonyl (C=O) groups excluding carboxylic acids is 3. The van der Waals surface area contributed by atoms with Crippen LogP contribution in [0.1, 0.15) is 56.3 Å². The minimum Gasteiger partial charge on any atom is -0.454 e. The van der Waals surface area contributed by atoms with E-state index in [9.17, 15) is 14.4 Å². The summed E-state index contributed by atoms with van der Waals surface area (Å²) < 4.78 is 10.7. The fourth-order valence-corrected chi connectivity index (χ4v) is 4.73. The average molecular weight is 459 g/mol. The second-order valence-electron chi connectivity index (χ2n) is 9.33. The molecule has 2 fully saturated rings. The van der Waals surface area contributed by atoms with Gasteiger partial charge in [0.25, 0.3) is 5.91 Å². The van der Waals surface area contributed by atoms with Gasteiger partial charge in [0.1, 0.15) is 6.04 Å². The molecule has 3 aliphatic heterocycles. The van der Waals surface area contributed by atoms with E-state index in [1.165, 1.54) is 0 Å². The van der Waals surface area contributed by atoms with E-state index in [4.69, 9.17) is 9.47 Å². The monoisotopic (exact) mass is 458 g/mol. The third-order valence-electron chi connectivity index (χ3n) is 6.57. The van der Waals surface area contributed by atoms with Crippen molar-refractivity contribution in [3.63, 3.8) is 0 Å². The number of likely N-dealkylation sites (tertiary alicyclic amines) is 2. The summed E-state index contributed by atoms with van der Waals surface area (Å²) in [5.74, 6) is 0.795. The van der Waals surface area contributed by atoms with Crippen LogP contribution in [0.5, 0.6) is 11.5 Å². The maximum Gasteiger partial charge on any atom is 0.317 e. The molecule has 0 spiro atoms. The highest BCUT2D eigenvalue weighted by molar-refractivity contribution is 5.98. The van der Waals surface area contributed by atoms with Gasteiger partial charge in [0, 0.05) is 37.8 Å². The molecule has 2 N–H and O–H groups in total. The lowest BCUT2D eigenvalue weighted by atomic mass is 9.88. The van der Waals surface area contributed by atoms with Crippen LogP contribution in [0.2, 0.25) is 0 Å². The smallest absolute Gasteiger partial charge is 0.317 e. The molecule has 0 saturated carbocycles. The Morgan fingerprint density at radius 2 is 1.61 bits per heavy atom. The Morgan fingerprint density at radius 1 is 0.909 bits per heavy atom. The Labute approximate surface area is 194 Å². The van der Waals surface area contributed by atoms with E-state index in [0.29, 0.717) is 43.0 Å². The molecule has 1 unspecified atom stereocenters. The van der Waals surface area contributed by atoms with Crippen molar-refractivity contribution < 1.29 is 23.9 Å². The zero-order chi connectivity index (χ0) is 23.4. The molecule has 3 heterocycles. The van der Waals surface area contributed by atoms with Gasteiger partial charge in [0.2, 0.25) is 12.7 Å². The first-order valence-electron chi connectivity index (χ1n) is 12.0. The first-order chi connectivity index (χ1) is 15.9. The van der Waals surface area contributed by atoms with Crippen LogP contribution in [0.15, 0.2) is 18.2 Å². The third-order valence-corrected chi connectivity index (χ3v) is 6.57. The summed E-state index contributed by atoms with van der Waals surface area (Å²) in [6, 6.07) is 4.43. The van der Waals surface area contributed by atoms with Crippen molar-refractivity contribution in [2.45, 2.75) is 58.0 Å². The molecule has 1 aromatic rings. The highest BCUT2D eigenvalue weighted by Crippen LogP contribution is 2.32. The van der Waals surface area contributed by atoms with E-state index in [2.05, 4.69) is 10.6 Å². The minimum absolute atomic E-state index is 0.0196. The molecule has 9 heteroatoms. The second kappa shape index (κ2) is 10.3. The first-order valence-corrected chi connectivity index (χ1v) is 12.0. The molecule has 4 amide bonds. The van der Waals surface area contributed by atoms with Gasteiger partial charge in [0.15, 0.2) is 11.5 Å². The van der Waals surface area contributed by atoms with Gasteiger partial charge in [-0.25, -0.2) is 4.79 Å². The lowest BCUT2D eigenvalue weighted by molar-refractivity contribution is -0.136. The van der Waals surface area contributed by atoms with E-state index < -0.39 is 6.04 Å². The van der Waals surface area contributed by atoms with Gasteiger partial charge in [-0.3, -0.25) is 9.59 Å². The summed E-state index contributed by atoms with van der Waals surface area (Å²) in [6.07, 6.45) is 4.43. The summed E-state index contributed by atoms with van der Waals surface area (Å²) in [6.45, 7) is 6.59. The summed E-state index contributed by atoms with van der Waals surface area (Å²) in [5, 5.41) is 5.95. The van der Waals surface area contributed by atoms with Gasteiger partial charge in [-0.15, -0.1) is 0 Å². The molecule has 0 aromatic heterocycles. The number of benzene rings is 1. The molecular formula is C24H34N4O5. The number of fused-ring (bicyclic) bond motifs is 1. The minimum atomic E-state index is -0.615. The van der Waals surface area contributed by atoms with Crippen LogP contribution in [0.3, 0.4) is 0 Å². The zero-order valence-electron chi connectivity index (χ0n) is 19.5. The quantitative estimate of drug-likeness (QED) is 0.706. The molecule has 4 rings (SSSR count). The number of nitrogens with one attached hydrogen (secondary N) is 2. The Hall–Kier alpha value is -2.97. The van der Waals surface area contributed by atoms with Crippen LogP contribution >= 0.6 is 0 Å². The van der Waals surface area contributed by atoms with Gasteiger partial charge in [0.05, 0.1) is 0 Å². The Morgan fingerprint density at radius 3 is 2.30 bits per heavy atom. The Balaban J connectivity index is 1.46. The number of hydrogen-bond donors (Lipinski definition) is 2.